The Labute approximate surface area is 121 Å². The van der Waals surface area contributed by atoms with Crippen LogP contribution in [0.4, 0.5) is 11.4 Å². The van der Waals surface area contributed by atoms with E-state index in [1.54, 1.807) is 7.05 Å². The first-order chi connectivity index (χ1) is 9.60. The molecule has 0 saturated carbocycles. The number of hydrogen-bond donors (Lipinski definition) is 2. The van der Waals surface area contributed by atoms with Gasteiger partial charge >= 0.3 is 0 Å². The molecule has 110 valence electrons. The van der Waals surface area contributed by atoms with E-state index in [9.17, 15) is 4.79 Å². The van der Waals surface area contributed by atoms with Crippen LogP contribution in [0.15, 0.2) is 24.3 Å². The second-order valence-electron chi connectivity index (χ2n) is 5.72. The van der Waals surface area contributed by atoms with E-state index in [1.165, 1.54) is 18.5 Å². The average Bonchev–Trinajstić information content (AvgIpc) is 2.48. The van der Waals surface area contributed by atoms with E-state index in [4.69, 9.17) is 0 Å². The molecule has 1 saturated heterocycles. The molecule has 4 heteroatoms. The van der Waals surface area contributed by atoms with Crippen molar-refractivity contribution in [1.29, 1.82) is 0 Å². The zero-order chi connectivity index (χ0) is 14.5. The summed E-state index contributed by atoms with van der Waals surface area (Å²) >= 11 is 0. The number of piperidine rings is 1. The first kappa shape index (κ1) is 14.9. The van der Waals surface area contributed by atoms with Gasteiger partial charge in [0.15, 0.2) is 0 Å². The number of carbonyl (C=O) groups excluding carboxylic acids is 1. The molecule has 0 aliphatic carbocycles. The molecular weight excluding hydrogens is 250 g/mol. The summed E-state index contributed by atoms with van der Waals surface area (Å²) in [5, 5.41) is 5.84. The highest BCUT2D eigenvalue weighted by Gasteiger charge is 2.16. The van der Waals surface area contributed by atoms with E-state index in [2.05, 4.69) is 34.6 Å². The summed E-state index contributed by atoms with van der Waals surface area (Å²) in [6.45, 7) is 6.42. The van der Waals surface area contributed by atoms with E-state index in [0.29, 0.717) is 0 Å². The first-order valence-electron chi connectivity index (χ1n) is 7.43. The van der Waals surface area contributed by atoms with Crippen LogP contribution in [0.2, 0.25) is 0 Å². The van der Waals surface area contributed by atoms with Crippen LogP contribution >= 0.6 is 0 Å². The van der Waals surface area contributed by atoms with Gasteiger partial charge in [0, 0.05) is 24.5 Å². The maximum atomic E-state index is 11.8. The van der Waals surface area contributed by atoms with Crippen LogP contribution < -0.4 is 15.5 Å². The largest absolute Gasteiger partial charge is 0.372 e. The maximum Gasteiger partial charge on any atom is 0.241 e. The summed E-state index contributed by atoms with van der Waals surface area (Å²) in [5.74, 6) is 0.833. The van der Waals surface area contributed by atoms with Gasteiger partial charge in [-0.15, -0.1) is 0 Å². The number of hydrogen-bond acceptors (Lipinski definition) is 3. The monoisotopic (exact) mass is 275 g/mol. The van der Waals surface area contributed by atoms with E-state index in [-0.39, 0.29) is 11.9 Å². The Morgan fingerprint density at radius 3 is 2.40 bits per heavy atom. The summed E-state index contributed by atoms with van der Waals surface area (Å²) in [6, 6.07) is 7.96. The van der Waals surface area contributed by atoms with Gasteiger partial charge in [-0.05, 0) is 57.0 Å². The quantitative estimate of drug-likeness (QED) is 0.887. The smallest absolute Gasteiger partial charge is 0.241 e. The van der Waals surface area contributed by atoms with Crippen molar-refractivity contribution in [2.45, 2.75) is 32.7 Å². The van der Waals surface area contributed by atoms with Crippen molar-refractivity contribution in [2.75, 3.05) is 30.4 Å². The Bertz CT molecular complexity index is 436. The Morgan fingerprint density at radius 1 is 1.25 bits per heavy atom. The van der Waals surface area contributed by atoms with Gasteiger partial charge in [0.05, 0.1) is 6.04 Å². The summed E-state index contributed by atoms with van der Waals surface area (Å²) in [4.78, 5) is 14.2. The standard InChI is InChI=1S/C16H25N3O/c1-12-8-10-19(11-9-12)15-6-4-14(5-7-15)18-16(20)13(2)17-3/h4-7,12-13,17H,8-11H2,1-3H3,(H,18,20). The lowest BCUT2D eigenvalue weighted by molar-refractivity contribution is -0.117. The average molecular weight is 275 g/mol. The first-order valence-corrected chi connectivity index (χ1v) is 7.43. The molecule has 0 spiro atoms. The number of amides is 1. The van der Waals surface area contributed by atoms with Crippen LogP contribution in [0.1, 0.15) is 26.7 Å². The molecule has 0 aromatic heterocycles. The fraction of sp³-hybridized carbons (Fsp3) is 0.562. The van der Waals surface area contributed by atoms with E-state index >= 15 is 0 Å². The van der Waals surface area contributed by atoms with Gasteiger partial charge in [-0.2, -0.15) is 0 Å². The lowest BCUT2D eigenvalue weighted by Gasteiger charge is -2.32. The highest BCUT2D eigenvalue weighted by molar-refractivity contribution is 5.94. The minimum Gasteiger partial charge on any atom is -0.372 e. The number of likely N-dealkylation sites (N-methyl/N-ethyl adjacent to an activating group) is 1. The Morgan fingerprint density at radius 2 is 1.85 bits per heavy atom. The second kappa shape index (κ2) is 6.75. The minimum absolute atomic E-state index is 0.00736. The molecule has 1 aliphatic rings. The molecule has 0 bridgehead atoms. The van der Waals surface area contributed by atoms with Crippen LogP contribution in [-0.4, -0.2) is 32.1 Å². The summed E-state index contributed by atoms with van der Waals surface area (Å²) in [5.41, 5.74) is 2.10. The second-order valence-corrected chi connectivity index (χ2v) is 5.72. The Balaban J connectivity index is 1.94. The molecule has 2 N–H and O–H groups in total. The number of nitrogens with one attached hydrogen (secondary N) is 2. The van der Waals surface area contributed by atoms with Crippen molar-refractivity contribution in [3.63, 3.8) is 0 Å². The van der Waals surface area contributed by atoms with E-state index in [1.807, 2.05) is 19.1 Å². The van der Waals surface area contributed by atoms with Crippen molar-refractivity contribution < 1.29 is 4.79 Å². The summed E-state index contributed by atoms with van der Waals surface area (Å²) in [6.07, 6.45) is 2.52. The van der Waals surface area contributed by atoms with Gasteiger partial charge in [-0.25, -0.2) is 0 Å². The minimum atomic E-state index is -0.182. The molecule has 4 nitrogen and oxygen atoms in total. The number of carbonyl (C=O) groups is 1. The zero-order valence-corrected chi connectivity index (χ0v) is 12.6. The fourth-order valence-electron chi connectivity index (χ4n) is 2.40. The highest BCUT2D eigenvalue weighted by atomic mass is 16.2. The Kier molecular flexibility index (Phi) is 5.01. The third kappa shape index (κ3) is 3.73. The number of anilines is 2. The van der Waals surface area contributed by atoms with Gasteiger partial charge in [0.1, 0.15) is 0 Å². The van der Waals surface area contributed by atoms with Gasteiger partial charge in [0.25, 0.3) is 0 Å². The van der Waals surface area contributed by atoms with Crippen molar-refractivity contribution in [3.8, 4) is 0 Å². The SMILES string of the molecule is CNC(C)C(=O)Nc1ccc(N2CCC(C)CC2)cc1. The van der Waals surface area contributed by atoms with Crippen molar-refractivity contribution in [2.24, 2.45) is 5.92 Å². The van der Waals surface area contributed by atoms with Gasteiger partial charge in [-0.1, -0.05) is 6.92 Å². The van der Waals surface area contributed by atoms with Crippen LogP contribution in [0.3, 0.4) is 0 Å². The molecule has 2 rings (SSSR count). The van der Waals surface area contributed by atoms with Crippen molar-refractivity contribution in [3.05, 3.63) is 24.3 Å². The predicted octanol–water partition coefficient (Wildman–Crippen LogP) is 2.47. The number of rotatable bonds is 4. The normalized spacial score (nSPS) is 17.9. The van der Waals surface area contributed by atoms with Gasteiger partial charge in [0.2, 0.25) is 5.91 Å². The molecule has 1 amide bonds. The van der Waals surface area contributed by atoms with Crippen molar-refractivity contribution in [1.82, 2.24) is 5.32 Å². The van der Waals surface area contributed by atoms with Gasteiger partial charge < -0.3 is 15.5 Å². The molecular formula is C16H25N3O. The third-order valence-corrected chi connectivity index (χ3v) is 4.11. The Hall–Kier alpha value is -1.55. The summed E-state index contributed by atoms with van der Waals surface area (Å²) in [7, 11) is 1.78. The number of nitrogens with zero attached hydrogens (tertiary/aromatic N) is 1. The molecule has 20 heavy (non-hydrogen) atoms. The number of benzene rings is 1. The molecule has 1 heterocycles. The summed E-state index contributed by atoms with van der Waals surface area (Å²) < 4.78 is 0. The third-order valence-electron chi connectivity index (χ3n) is 4.11. The molecule has 0 radical (unpaired) electrons. The lowest BCUT2D eigenvalue weighted by Crippen LogP contribution is -2.35. The van der Waals surface area contributed by atoms with Crippen LogP contribution in [0.25, 0.3) is 0 Å². The van der Waals surface area contributed by atoms with Gasteiger partial charge in [-0.3, -0.25) is 4.79 Å². The van der Waals surface area contributed by atoms with Crippen LogP contribution in [-0.2, 0) is 4.79 Å². The molecule has 1 aromatic carbocycles. The fourth-order valence-corrected chi connectivity index (χ4v) is 2.40. The molecule has 1 fully saturated rings. The molecule has 1 unspecified atom stereocenters. The topological polar surface area (TPSA) is 44.4 Å². The predicted molar refractivity (Wildman–Crippen MR) is 84.2 cm³/mol. The van der Waals surface area contributed by atoms with E-state index < -0.39 is 0 Å². The maximum absolute atomic E-state index is 11.8. The molecule has 1 atom stereocenters. The highest BCUT2D eigenvalue weighted by Crippen LogP contribution is 2.24. The van der Waals surface area contributed by atoms with Crippen LogP contribution in [0.5, 0.6) is 0 Å². The zero-order valence-electron chi connectivity index (χ0n) is 12.6. The van der Waals surface area contributed by atoms with E-state index in [0.717, 1.165) is 24.7 Å². The molecule has 1 aromatic rings. The van der Waals surface area contributed by atoms with Crippen molar-refractivity contribution >= 4 is 17.3 Å². The molecule has 1 aliphatic heterocycles. The lowest BCUT2D eigenvalue weighted by atomic mass is 9.99. The van der Waals surface area contributed by atoms with Crippen LogP contribution in [0, 0.1) is 5.92 Å².